The number of aromatic nitrogens is 2. The van der Waals surface area contributed by atoms with Crippen molar-refractivity contribution in [2.24, 2.45) is 0 Å². The maximum Gasteiger partial charge on any atom is 0.230 e. The van der Waals surface area contributed by atoms with Crippen LogP contribution in [-0.4, -0.2) is 17.1 Å². The first-order chi connectivity index (χ1) is 12.1. The normalized spacial score (nSPS) is 10.1. The van der Waals surface area contributed by atoms with Crippen molar-refractivity contribution in [2.45, 2.75) is 40.5 Å². The van der Waals surface area contributed by atoms with Crippen LogP contribution in [0.1, 0.15) is 37.8 Å². The fourth-order valence-electron chi connectivity index (χ4n) is 2.26. The molecule has 1 heterocycles. The van der Waals surface area contributed by atoms with Crippen molar-refractivity contribution >= 4 is 10.9 Å². The van der Waals surface area contributed by atoms with Gasteiger partial charge in [0.15, 0.2) is 0 Å². The number of rotatable bonds is 4. The molecule has 0 unspecified atom stereocenters. The van der Waals surface area contributed by atoms with Gasteiger partial charge in [0.25, 0.3) is 0 Å². The summed E-state index contributed by atoms with van der Waals surface area (Å²) in [5.41, 5.74) is 3.01. The van der Waals surface area contributed by atoms with Crippen molar-refractivity contribution in [2.75, 3.05) is 7.11 Å². The first kappa shape index (κ1) is 18.7. The van der Waals surface area contributed by atoms with Crippen molar-refractivity contribution in [3.63, 3.8) is 0 Å². The van der Waals surface area contributed by atoms with Crippen molar-refractivity contribution < 1.29 is 9.47 Å². The van der Waals surface area contributed by atoms with Gasteiger partial charge in [-0.05, 0) is 49.2 Å². The zero-order valence-electron chi connectivity index (χ0n) is 15.7. The van der Waals surface area contributed by atoms with E-state index in [4.69, 9.17) is 9.47 Å². The molecule has 25 heavy (non-hydrogen) atoms. The van der Waals surface area contributed by atoms with Crippen LogP contribution in [0.2, 0.25) is 0 Å². The highest BCUT2D eigenvalue weighted by Gasteiger charge is 2.10. The molecule has 0 amide bonds. The number of methoxy groups -OCH3 is 1. The predicted octanol–water partition coefficient (Wildman–Crippen LogP) is 5.85. The Morgan fingerprint density at radius 3 is 2.36 bits per heavy atom. The molecule has 1 aromatic heterocycles. The molecule has 3 rings (SSSR count). The molecule has 0 N–H and O–H groups in total. The van der Waals surface area contributed by atoms with Gasteiger partial charge in [0, 0.05) is 0 Å². The molecule has 0 aliphatic rings. The van der Waals surface area contributed by atoms with Gasteiger partial charge in [0.2, 0.25) is 5.88 Å². The Morgan fingerprint density at radius 2 is 1.72 bits per heavy atom. The van der Waals surface area contributed by atoms with E-state index in [0.29, 0.717) is 5.88 Å². The summed E-state index contributed by atoms with van der Waals surface area (Å²) in [5.74, 6) is 2.09. The molecule has 0 radical (unpaired) electrons. The van der Waals surface area contributed by atoms with Gasteiger partial charge in [-0.3, -0.25) is 0 Å². The lowest BCUT2D eigenvalue weighted by Crippen LogP contribution is -1.94. The largest absolute Gasteiger partial charge is 0.496 e. The number of hydrogen-bond acceptors (Lipinski definition) is 4. The lowest BCUT2D eigenvalue weighted by molar-refractivity contribution is 0.412. The summed E-state index contributed by atoms with van der Waals surface area (Å²) in [6, 6.07) is 11.7. The molecule has 0 saturated heterocycles. The monoisotopic (exact) mass is 338 g/mol. The average molecular weight is 338 g/mol. The second-order valence-corrected chi connectivity index (χ2v) is 5.94. The third-order valence-electron chi connectivity index (χ3n) is 3.82. The molecular weight excluding hydrogens is 312 g/mol. The minimum absolute atomic E-state index is 0.531. The molecule has 2 aromatic carbocycles. The van der Waals surface area contributed by atoms with Gasteiger partial charge in [-0.15, -0.1) is 0 Å². The van der Waals surface area contributed by atoms with E-state index < -0.39 is 0 Å². The summed E-state index contributed by atoms with van der Waals surface area (Å²) in [6.45, 7) is 8.37. The Labute approximate surface area is 149 Å². The minimum atomic E-state index is 0.531. The zero-order valence-corrected chi connectivity index (χ0v) is 15.7. The van der Waals surface area contributed by atoms with E-state index >= 15 is 0 Å². The molecule has 0 bridgehead atoms. The summed E-state index contributed by atoms with van der Waals surface area (Å²) >= 11 is 0. The molecule has 0 fully saturated rings. The third-order valence-corrected chi connectivity index (χ3v) is 3.82. The number of fused-ring (bicyclic) bond motifs is 1. The zero-order chi connectivity index (χ0) is 18.2. The first-order valence-electron chi connectivity index (χ1n) is 8.62. The Balaban J connectivity index is 0.000000511. The highest BCUT2D eigenvalue weighted by Crippen LogP contribution is 2.31. The Morgan fingerprint density at radius 1 is 0.960 bits per heavy atom. The van der Waals surface area contributed by atoms with E-state index in [9.17, 15) is 0 Å². The van der Waals surface area contributed by atoms with Crippen molar-refractivity contribution in [3.8, 4) is 17.4 Å². The summed E-state index contributed by atoms with van der Waals surface area (Å²) in [6.07, 6.45) is 4.15. The molecule has 0 spiro atoms. The predicted molar refractivity (Wildman–Crippen MR) is 103 cm³/mol. The van der Waals surface area contributed by atoms with E-state index in [2.05, 4.69) is 23.8 Å². The molecule has 4 nitrogen and oxygen atoms in total. The average Bonchev–Trinajstić information content (AvgIpc) is 2.61. The number of benzene rings is 2. The van der Waals surface area contributed by atoms with Crippen LogP contribution in [0.3, 0.4) is 0 Å². The second kappa shape index (κ2) is 9.02. The Bertz CT molecular complexity index is 829. The number of hydrogen-bond donors (Lipinski definition) is 0. The smallest absolute Gasteiger partial charge is 0.230 e. The molecule has 0 atom stereocenters. The lowest BCUT2D eigenvalue weighted by atomic mass is 10.1. The number of aryl methyl sites for hydroxylation is 2. The van der Waals surface area contributed by atoms with Crippen LogP contribution in [0.5, 0.6) is 17.4 Å². The number of nitrogens with zero attached hydrogens (tertiary/aromatic N) is 2. The van der Waals surface area contributed by atoms with Crippen LogP contribution >= 0.6 is 0 Å². The summed E-state index contributed by atoms with van der Waals surface area (Å²) in [7, 11) is 1.65. The van der Waals surface area contributed by atoms with E-state index in [1.165, 1.54) is 19.2 Å². The molecule has 0 aliphatic heterocycles. The van der Waals surface area contributed by atoms with Crippen LogP contribution in [0.15, 0.2) is 42.7 Å². The van der Waals surface area contributed by atoms with Crippen LogP contribution in [0.4, 0.5) is 0 Å². The van der Waals surface area contributed by atoms with Gasteiger partial charge in [0.05, 0.1) is 18.0 Å². The molecule has 4 heteroatoms. The maximum atomic E-state index is 5.91. The fourth-order valence-corrected chi connectivity index (χ4v) is 2.26. The van der Waals surface area contributed by atoms with Gasteiger partial charge >= 0.3 is 0 Å². The van der Waals surface area contributed by atoms with E-state index in [0.717, 1.165) is 33.5 Å². The van der Waals surface area contributed by atoms with E-state index in [-0.39, 0.29) is 0 Å². The highest BCUT2D eigenvalue weighted by atomic mass is 16.5. The van der Waals surface area contributed by atoms with Crippen molar-refractivity contribution in [1.82, 2.24) is 9.97 Å². The van der Waals surface area contributed by atoms with E-state index in [1.54, 1.807) is 7.11 Å². The Hall–Kier alpha value is -2.62. The molecule has 3 aromatic rings. The minimum Gasteiger partial charge on any atom is -0.496 e. The Kier molecular flexibility index (Phi) is 6.75. The third kappa shape index (κ3) is 4.92. The summed E-state index contributed by atoms with van der Waals surface area (Å²) in [5, 5.41) is 0.835. The SMILES string of the molecule is CCCC.COc1cc2c(Oc3cccc(C)c3)ncnc2cc1C. The maximum absolute atomic E-state index is 5.91. The van der Waals surface area contributed by atoms with Crippen LogP contribution in [-0.2, 0) is 0 Å². The fraction of sp³-hybridized carbons (Fsp3) is 0.333. The van der Waals surface area contributed by atoms with E-state index in [1.807, 2.05) is 50.2 Å². The van der Waals surface area contributed by atoms with Crippen LogP contribution in [0, 0.1) is 13.8 Å². The standard InChI is InChI=1S/C17H16N2O2.C4H10/c1-11-5-4-6-13(7-11)21-17-14-9-16(20-3)12(2)8-15(14)18-10-19-17;1-3-4-2/h4-10H,1-3H3;3-4H2,1-2H3. The summed E-state index contributed by atoms with van der Waals surface area (Å²) < 4.78 is 11.3. The van der Waals surface area contributed by atoms with Crippen LogP contribution in [0.25, 0.3) is 10.9 Å². The number of ether oxygens (including phenoxy) is 2. The highest BCUT2D eigenvalue weighted by molar-refractivity contribution is 5.85. The lowest BCUT2D eigenvalue weighted by Gasteiger charge is -2.10. The van der Waals surface area contributed by atoms with Gasteiger partial charge in [0.1, 0.15) is 17.8 Å². The topological polar surface area (TPSA) is 44.2 Å². The quantitative estimate of drug-likeness (QED) is 0.598. The van der Waals surface area contributed by atoms with Crippen molar-refractivity contribution in [1.29, 1.82) is 0 Å². The van der Waals surface area contributed by atoms with Crippen LogP contribution < -0.4 is 9.47 Å². The van der Waals surface area contributed by atoms with Gasteiger partial charge in [-0.2, -0.15) is 0 Å². The molecule has 0 saturated carbocycles. The second-order valence-electron chi connectivity index (χ2n) is 5.94. The molecular formula is C21H26N2O2. The van der Waals surface area contributed by atoms with Crippen molar-refractivity contribution in [3.05, 3.63) is 53.9 Å². The molecule has 0 aliphatic carbocycles. The number of unbranched alkanes of at least 4 members (excludes halogenated alkanes) is 1. The summed E-state index contributed by atoms with van der Waals surface area (Å²) in [4.78, 5) is 8.54. The van der Waals surface area contributed by atoms with Gasteiger partial charge < -0.3 is 9.47 Å². The first-order valence-corrected chi connectivity index (χ1v) is 8.62. The molecule has 132 valence electrons. The van der Waals surface area contributed by atoms with Gasteiger partial charge in [-0.1, -0.05) is 38.8 Å². The van der Waals surface area contributed by atoms with Gasteiger partial charge in [-0.25, -0.2) is 9.97 Å².